The van der Waals surface area contributed by atoms with Crippen molar-refractivity contribution in [1.29, 1.82) is 0 Å². The Kier molecular flexibility index (Phi) is 4.51. The molecule has 1 aliphatic carbocycles. The molecule has 0 radical (unpaired) electrons. The molecule has 1 aliphatic rings. The molecule has 0 bridgehead atoms. The van der Waals surface area contributed by atoms with Crippen LogP contribution in [-0.2, 0) is 18.6 Å². The standard InChI is InChI=1S/C23H21N3O2S/c1-14-5-3-8-19(9-14)26-15(2)24-25-23(26)29-13-18-12-22(27)28-21-11-17-7-4-6-16(17)10-20(18)21/h3,5,8-12H,4,6-7,13H2,1-2H3. The molecule has 0 N–H and O–H groups in total. The molecular weight excluding hydrogens is 382 g/mol. The summed E-state index contributed by atoms with van der Waals surface area (Å²) in [4.78, 5) is 12.1. The Labute approximate surface area is 172 Å². The number of hydrogen-bond donors (Lipinski definition) is 0. The van der Waals surface area contributed by atoms with E-state index in [9.17, 15) is 4.79 Å². The minimum atomic E-state index is -0.303. The van der Waals surface area contributed by atoms with Crippen LogP contribution in [0.5, 0.6) is 0 Å². The maximum absolute atomic E-state index is 12.1. The van der Waals surface area contributed by atoms with Crippen molar-refractivity contribution in [1.82, 2.24) is 14.8 Å². The van der Waals surface area contributed by atoms with Crippen LogP contribution in [0, 0.1) is 13.8 Å². The molecule has 29 heavy (non-hydrogen) atoms. The summed E-state index contributed by atoms with van der Waals surface area (Å²) in [6.45, 7) is 4.03. The second-order valence-corrected chi connectivity index (χ2v) is 8.50. The first kappa shape index (κ1) is 18.2. The van der Waals surface area contributed by atoms with Gasteiger partial charge in [0.25, 0.3) is 0 Å². The summed E-state index contributed by atoms with van der Waals surface area (Å²) in [6.07, 6.45) is 3.32. The fourth-order valence-electron chi connectivity index (χ4n) is 4.06. The van der Waals surface area contributed by atoms with E-state index in [-0.39, 0.29) is 5.63 Å². The minimum absolute atomic E-state index is 0.303. The molecule has 6 heteroatoms. The van der Waals surface area contributed by atoms with Gasteiger partial charge in [0.05, 0.1) is 0 Å². The third kappa shape index (κ3) is 3.38. The van der Waals surface area contributed by atoms with Crippen molar-refractivity contribution in [2.45, 2.75) is 44.0 Å². The van der Waals surface area contributed by atoms with E-state index in [0.29, 0.717) is 11.3 Å². The van der Waals surface area contributed by atoms with Crippen molar-refractivity contribution in [3.8, 4) is 5.69 Å². The van der Waals surface area contributed by atoms with Crippen LogP contribution < -0.4 is 5.63 Å². The van der Waals surface area contributed by atoms with Gasteiger partial charge in [-0.05, 0) is 79.6 Å². The lowest BCUT2D eigenvalue weighted by Crippen LogP contribution is -2.02. The highest BCUT2D eigenvalue weighted by Crippen LogP contribution is 2.32. The molecule has 0 saturated carbocycles. The fourth-order valence-corrected chi connectivity index (χ4v) is 5.05. The van der Waals surface area contributed by atoms with Gasteiger partial charge in [-0.3, -0.25) is 4.57 Å². The summed E-state index contributed by atoms with van der Waals surface area (Å²) in [7, 11) is 0. The zero-order chi connectivity index (χ0) is 20.0. The molecule has 5 rings (SSSR count). The zero-order valence-corrected chi connectivity index (χ0v) is 17.3. The van der Waals surface area contributed by atoms with Gasteiger partial charge in [-0.1, -0.05) is 23.9 Å². The Balaban J connectivity index is 1.51. The number of aryl methyl sites for hydroxylation is 4. The number of rotatable bonds is 4. The number of thioether (sulfide) groups is 1. The SMILES string of the molecule is Cc1cccc(-n2c(C)nnc2SCc2cc(=O)oc3cc4c(cc23)CCC4)c1. The summed E-state index contributed by atoms with van der Waals surface area (Å²) in [6, 6.07) is 14.1. The van der Waals surface area contributed by atoms with Crippen LogP contribution in [0.15, 0.2) is 56.8 Å². The number of benzene rings is 2. The highest BCUT2D eigenvalue weighted by atomic mass is 32.2. The molecule has 4 aromatic rings. The van der Waals surface area contributed by atoms with Crippen molar-refractivity contribution in [3.63, 3.8) is 0 Å². The molecular formula is C23H21N3O2S. The van der Waals surface area contributed by atoms with Crippen LogP contribution in [0.3, 0.4) is 0 Å². The van der Waals surface area contributed by atoms with Crippen molar-refractivity contribution in [2.75, 3.05) is 0 Å². The predicted molar refractivity (Wildman–Crippen MR) is 115 cm³/mol. The molecule has 0 amide bonds. The van der Waals surface area contributed by atoms with Gasteiger partial charge in [-0.15, -0.1) is 10.2 Å². The van der Waals surface area contributed by atoms with E-state index in [1.807, 2.05) is 19.1 Å². The third-order valence-corrected chi connectivity index (χ3v) is 6.43. The second-order valence-electron chi connectivity index (χ2n) is 7.55. The van der Waals surface area contributed by atoms with Gasteiger partial charge >= 0.3 is 5.63 Å². The molecule has 146 valence electrons. The maximum atomic E-state index is 12.1. The van der Waals surface area contributed by atoms with Crippen LogP contribution >= 0.6 is 11.8 Å². The zero-order valence-electron chi connectivity index (χ0n) is 16.4. The largest absolute Gasteiger partial charge is 0.423 e. The van der Waals surface area contributed by atoms with Gasteiger partial charge in [-0.25, -0.2) is 4.79 Å². The number of nitrogens with zero attached hydrogens (tertiary/aromatic N) is 3. The lowest BCUT2D eigenvalue weighted by atomic mass is 10.0. The molecule has 2 aromatic carbocycles. The third-order valence-electron chi connectivity index (χ3n) is 5.45. The first-order chi connectivity index (χ1) is 14.1. The molecule has 0 atom stereocenters. The summed E-state index contributed by atoms with van der Waals surface area (Å²) in [5, 5.41) is 10.5. The smallest absolute Gasteiger partial charge is 0.336 e. The highest BCUT2D eigenvalue weighted by molar-refractivity contribution is 7.98. The highest BCUT2D eigenvalue weighted by Gasteiger charge is 2.17. The van der Waals surface area contributed by atoms with Gasteiger partial charge in [0.15, 0.2) is 5.16 Å². The van der Waals surface area contributed by atoms with Crippen molar-refractivity contribution in [2.24, 2.45) is 0 Å². The quantitative estimate of drug-likeness (QED) is 0.363. The fraction of sp³-hybridized carbons (Fsp3) is 0.261. The van der Waals surface area contributed by atoms with Crippen molar-refractivity contribution in [3.05, 3.63) is 81.0 Å². The first-order valence-corrected chi connectivity index (χ1v) is 10.8. The number of aromatic nitrogens is 3. The minimum Gasteiger partial charge on any atom is -0.423 e. The van der Waals surface area contributed by atoms with E-state index in [4.69, 9.17) is 4.42 Å². The summed E-state index contributed by atoms with van der Waals surface area (Å²) < 4.78 is 7.55. The van der Waals surface area contributed by atoms with E-state index in [2.05, 4.69) is 46.0 Å². The molecule has 0 fully saturated rings. The summed E-state index contributed by atoms with van der Waals surface area (Å²) in [5.74, 6) is 1.47. The Morgan fingerprint density at radius 3 is 2.72 bits per heavy atom. The predicted octanol–water partition coefficient (Wildman–Crippen LogP) is 4.77. The molecule has 0 saturated heterocycles. The van der Waals surface area contributed by atoms with E-state index >= 15 is 0 Å². The topological polar surface area (TPSA) is 60.9 Å². The van der Waals surface area contributed by atoms with Gasteiger partial charge in [0.1, 0.15) is 11.4 Å². The van der Waals surface area contributed by atoms with E-state index in [1.54, 1.807) is 17.8 Å². The molecule has 0 spiro atoms. The van der Waals surface area contributed by atoms with Gasteiger partial charge < -0.3 is 4.42 Å². The number of fused-ring (bicyclic) bond motifs is 2. The van der Waals surface area contributed by atoms with Crippen LogP contribution in [0.1, 0.15) is 34.5 Å². The summed E-state index contributed by atoms with van der Waals surface area (Å²) >= 11 is 1.59. The second kappa shape index (κ2) is 7.19. The molecule has 0 aliphatic heterocycles. The van der Waals surface area contributed by atoms with Crippen LogP contribution in [0.4, 0.5) is 0 Å². The van der Waals surface area contributed by atoms with Gasteiger partial charge in [-0.2, -0.15) is 0 Å². The van der Waals surface area contributed by atoms with Gasteiger partial charge in [0.2, 0.25) is 0 Å². The van der Waals surface area contributed by atoms with Gasteiger partial charge in [0, 0.05) is 22.9 Å². The van der Waals surface area contributed by atoms with Crippen LogP contribution in [0.2, 0.25) is 0 Å². The lowest BCUT2D eigenvalue weighted by molar-refractivity contribution is 0.559. The Bertz CT molecular complexity index is 1290. The average molecular weight is 404 g/mol. The monoisotopic (exact) mass is 403 g/mol. The molecule has 2 aromatic heterocycles. The molecule has 0 unspecified atom stereocenters. The Morgan fingerprint density at radius 2 is 1.90 bits per heavy atom. The number of hydrogen-bond acceptors (Lipinski definition) is 5. The average Bonchev–Trinajstić information content (AvgIpc) is 3.30. The van der Waals surface area contributed by atoms with E-state index < -0.39 is 0 Å². The first-order valence-electron chi connectivity index (χ1n) is 9.79. The molecule has 5 nitrogen and oxygen atoms in total. The maximum Gasteiger partial charge on any atom is 0.336 e. The van der Waals surface area contributed by atoms with Crippen molar-refractivity contribution < 1.29 is 4.42 Å². The van der Waals surface area contributed by atoms with E-state index in [1.165, 1.54) is 23.1 Å². The normalized spacial score (nSPS) is 13.2. The Morgan fingerprint density at radius 1 is 1.07 bits per heavy atom. The lowest BCUT2D eigenvalue weighted by Gasteiger charge is -2.10. The molecule has 2 heterocycles. The summed E-state index contributed by atoms with van der Waals surface area (Å²) in [5.41, 5.74) is 6.27. The van der Waals surface area contributed by atoms with E-state index in [0.717, 1.165) is 40.5 Å². The van der Waals surface area contributed by atoms with Crippen molar-refractivity contribution >= 4 is 22.7 Å². The van der Waals surface area contributed by atoms with Crippen LogP contribution in [0.25, 0.3) is 16.7 Å². The Hall–Kier alpha value is -2.86. The van der Waals surface area contributed by atoms with Crippen LogP contribution in [-0.4, -0.2) is 14.8 Å².